The fraction of sp³-hybridized carbons (Fsp3) is 0.167. The number of carbonyl (C=O) groups excluding carboxylic acids is 2. The topological polar surface area (TPSA) is 49.4 Å². The van der Waals surface area contributed by atoms with Gasteiger partial charge >= 0.3 is 0 Å². The summed E-state index contributed by atoms with van der Waals surface area (Å²) in [6, 6.07) is 27.2. The van der Waals surface area contributed by atoms with Crippen LogP contribution in [0.4, 0.5) is 11.4 Å². The number of nitrogens with zero attached hydrogens (tertiary/aromatic N) is 1. The monoisotopic (exact) mass is 370 g/mol. The molecule has 0 fully saturated rings. The number of rotatable bonds is 5. The van der Waals surface area contributed by atoms with Crippen molar-refractivity contribution < 1.29 is 9.59 Å². The summed E-state index contributed by atoms with van der Waals surface area (Å²) in [7, 11) is 0. The maximum Gasteiger partial charge on any atom is 0.239 e. The molecule has 4 heteroatoms. The highest BCUT2D eigenvalue weighted by atomic mass is 16.2. The Morgan fingerprint density at radius 3 is 2.18 bits per heavy atom. The van der Waals surface area contributed by atoms with Gasteiger partial charge in [-0.25, -0.2) is 0 Å². The molecule has 1 atom stereocenters. The Labute approximate surface area is 164 Å². The normalized spacial score (nSPS) is 17.7. The van der Waals surface area contributed by atoms with Crippen molar-refractivity contribution in [2.45, 2.75) is 18.8 Å². The van der Waals surface area contributed by atoms with Crippen LogP contribution in [0.15, 0.2) is 84.9 Å². The van der Waals surface area contributed by atoms with Gasteiger partial charge in [-0.15, -0.1) is 0 Å². The quantitative estimate of drug-likeness (QED) is 0.725. The van der Waals surface area contributed by atoms with Crippen LogP contribution in [0.25, 0.3) is 0 Å². The summed E-state index contributed by atoms with van der Waals surface area (Å²) < 4.78 is 0. The average Bonchev–Trinajstić information content (AvgIpc) is 3.02. The number of amides is 2. The summed E-state index contributed by atoms with van der Waals surface area (Å²) in [5.41, 5.74) is 2.76. The SMILES string of the molecule is CC(=O)N(CCC1(c2ccccc2)C(=O)Nc2ccccc21)c1ccccc1. The number of fused-ring (bicyclic) bond motifs is 1. The molecular weight excluding hydrogens is 348 g/mol. The molecule has 0 radical (unpaired) electrons. The Morgan fingerprint density at radius 2 is 1.50 bits per heavy atom. The summed E-state index contributed by atoms with van der Waals surface area (Å²) in [5.74, 6) is -0.0856. The first-order chi connectivity index (χ1) is 13.6. The van der Waals surface area contributed by atoms with Gasteiger partial charge in [0.05, 0.1) is 0 Å². The lowest BCUT2D eigenvalue weighted by molar-refractivity contribution is -0.120. The van der Waals surface area contributed by atoms with E-state index in [1.165, 1.54) is 0 Å². The number of hydrogen-bond acceptors (Lipinski definition) is 2. The van der Waals surface area contributed by atoms with Gasteiger partial charge in [-0.2, -0.15) is 0 Å². The molecule has 3 aromatic carbocycles. The molecule has 3 aromatic rings. The smallest absolute Gasteiger partial charge is 0.239 e. The molecule has 0 saturated carbocycles. The highest BCUT2D eigenvalue weighted by Crippen LogP contribution is 2.45. The zero-order valence-electron chi connectivity index (χ0n) is 15.8. The average molecular weight is 370 g/mol. The van der Waals surface area contributed by atoms with Gasteiger partial charge < -0.3 is 10.2 Å². The molecule has 0 aliphatic carbocycles. The molecule has 140 valence electrons. The third kappa shape index (κ3) is 2.97. The molecule has 1 unspecified atom stereocenters. The molecule has 0 bridgehead atoms. The number of benzene rings is 3. The van der Waals surface area contributed by atoms with E-state index >= 15 is 0 Å². The molecule has 1 aliphatic heterocycles. The maximum absolute atomic E-state index is 13.3. The molecule has 0 aromatic heterocycles. The minimum absolute atomic E-state index is 0.0406. The fourth-order valence-electron chi connectivity index (χ4n) is 4.07. The van der Waals surface area contributed by atoms with Crippen LogP contribution in [0.3, 0.4) is 0 Å². The van der Waals surface area contributed by atoms with Crippen molar-refractivity contribution in [1.29, 1.82) is 0 Å². The van der Waals surface area contributed by atoms with E-state index < -0.39 is 5.41 Å². The summed E-state index contributed by atoms with van der Waals surface area (Å²) in [4.78, 5) is 27.3. The van der Waals surface area contributed by atoms with Crippen molar-refractivity contribution in [3.8, 4) is 0 Å². The Hall–Kier alpha value is -3.40. The first kappa shape index (κ1) is 18.0. The molecule has 4 rings (SSSR count). The first-order valence-corrected chi connectivity index (χ1v) is 9.42. The van der Waals surface area contributed by atoms with Crippen LogP contribution >= 0.6 is 0 Å². The zero-order valence-corrected chi connectivity index (χ0v) is 15.8. The summed E-state index contributed by atoms with van der Waals surface area (Å²) in [6.45, 7) is 2.00. The highest BCUT2D eigenvalue weighted by Gasteiger charge is 2.48. The second kappa shape index (κ2) is 7.31. The van der Waals surface area contributed by atoms with E-state index in [0.717, 1.165) is 22.5 Å². The van der Waals surface area contributed by atoms with Gasteiger partial charge in [0.2, 0.25) is 11.8 Å². The Bertz CT molecular complexity index is 1000. The Balaban J connectivity index is 1.76. The van der Waals surface area contributed by atoms with Gasteiger partial charge in [0.25, 0.3) is 0 Å². The molecule has 2 amide bonds. The van der Waals surface area contributed by atoms with Crippen LogP contribution in [0, 0.1) is 0 Å². The van der Waals surface area contributed by atoms with Gasteiger partial charge in [0, 0.05) is 24.8 Å². The molecule has 4 nitrogen and oxygen atoms in total. The van der Waals surface area contributed by atoms with Crippen molar-refractivity contribution in [2.75, 3.05) is 16.8 Å². The number of hydrogen-bond donors (Lipinski definition) is 1. The number of anilines is 2. The lowest BCUT2D eigenvalue weighted by atomic mass is 9.72. The van der Waals surface area contributed by atoms with Crippen LogP contribution in [0.2, 0.25) is 0 Å². The number of para-hydroxylation sites is 2. The minimum Gasteiger partial charge on any atom is -0.325 e. The van der Waals surface area contributed by atoms with Crippen molar-refractivity contribution in [1.82, 2.24) is 0 Å². The Kier molecular flexibility index (Phi) is 4.70. The molecule has 28 heavy (non-hydrogen) atoms. The van der Waals surface area contributed by atoms with E-state index in [9.17, 15) is 9.59 Å². The van der Waals surface area contributed by atoms with Crippen LogP contribution in [0.1, 0.15) is 24.5 Å². The van der Waals surface area contributed by atoms with Crippen LogP contribution in [-0.2, 0) is 15.0 Å². The first-order valence-electron chi connectivity index (χ1n) is 9.42. The summed E-state index contributed by atoms with van der Waals surface area (Å²) >= 11 is 0. The van der Waals surface area contributed by atoms with Gasteiger partial charge in [-0.05, 0) is 35.7 Å². The van der Waals surface area contributed by atoms with Crippen molar-refractivity contribution >= 4 is 23.2 Å². The minimum atomic E-state index is -0.819. The summed E-state index contributed by atoms with van der Waals surface area (Å²) in [6.07, 6.45) is 0.494. The van der Waals surface area contributed by atoms with Crippen LogP contribution in [0.5, 0.6) is 0 Å². The van der Waals surface area contributed by atoms with Gasteiger partial charge in [0.1, 0.15) is 5.41 Å². The van der Waals surface area contributed by atoms with E-state index in [2.05, 4.69) is 5.32 Å². The fourth-order valence-corrected chi connectivity index (χ4v) is 4.07. The standard InChI is InChI=1S/C24H22N2O2/c1-18(27)26(20-12-6-3-7-13-20)17-16-24(19-10-4-2-5-11-19)21-14-8-9-15-22(21)25-23(24)28/h2-15H,16-17H2,1H3,(H,25,28). The second-order valence-corrected chi connectivity index (χ2v) is 7.03. The largest absolute Gasteiger partial charge is 0.325 e. The van der Waals surface area contributed by atoms with E-state index in [1.807, 2.05) is 84.9 Å². The van der Waals surface area contributed by atoms with Crippen LogP contribution < -0.4 is 10.2 Å². The van der Waals surface area contributed by atoms with Crippen molar-refractivity contribution in [3.63, 3.8) is 0 Å². The molecular formula is C24H22N2O2. The lowest BCUT2D eigenvalue weighted by Gasteiger charge is -2.31. The predicted molar refractivity (Wildman–Crippen MR) is 111 cm³/mol. The van der Waals surface area contributed by atoms with E-state index in [0.29, 0.717) is 13.0 Å². The van der Waals surface area contributed by atoms with E-state index in [4.69, 9.17) is 0 Å². The second-order valence-electron chi connectivity index (χ2n) is 7.03. The molecule has 1 aliphatic rings. The molecule has 1 N–H and O–H groups in total. The van der Waals surface area contributed by atoms with Crippen molar-refractivity contribution in [2.24, 2.45) is 0 Å². The van der Waals surface area contributed by atoms with Gasteiger partial charge in [-0.1, -0.05) is 66.7 Å². The predicted octanol–water partition coefficient (Wildman–Crippen LogP) is 4.37. The molecule has 0 spiro atoms. The van der Waals surface area contributed by atoms with Gasteiger partial charge in [-0.3, -0.25) is 9.59 Å². The van der Waals surface area contributed by atoms with E-state index in [-0.39, 0.29) is 11.8 Å². The number of nitrogens with one attached hydrogen (secondary N) is 1. The van der Waals surface area contributed by atoms with Gasteiger partial charge in [0.15, 0.2) is 0 Å². The summed E-state index contributed by atoms with van der Waals surface area (Å²) in [5, 5.41) is 3.04. The van der Waals surface area contributed by atoms with Crippen molar-refractivity contribution in [3.05, 3.63) is 96.1 Å². The number of carbonyl (C=O) groups is 2. The Morgan fingerprint density at radius 1 is 0.893 bits per heavy atom. The van der Waals surface area contributed by atoms with E-state index in [1.54, 1.807) is 11.8 Å². The maximum atomic E-state index is 13.3. The highest BCUT2D eigenvalue weighted by molar-refractivity contribution is 6.08. The zero-order chi connectivity index (χ0) is 19.6. The third-order valence-electron chi connectivity index (χ3n) is 5.45. The van der Waals surface area contributed by atoms with Crippen LogP contribution in [-0.4, -0.2) is 18.4 Å². The molecule has 0 saturated heterocycles. The third-order valence-corrected chi connectivity index (χ3v) is 5.45. The molecule has 1 heterocycles. The lowest BCUT2D eigenvalue weighted by Crippen LogP contribution is -2.41.